The van der Waals surface area contributed by atoms with Crippen LogP contribution in [0.1, 0.15) is 41.0 Å². The summed E-state index contributed by atoms with van der Waals surface area (Å²) in [4.78, 5) is 24.1. The zero-order valence-corrected chi connectivity index (χ0v) is 15.6. The van der Waals surface area contributed by atoms with Gasteiger partial charge in [0.2, 0.25) is 0 Å². The van der Waals surface area contributed by atoms with Gasteiger partial charge in [0.15, 0.2) is 6.10 Å². The van der Waals surface area contributed by atoms with Gasteiger partial charge in [-0.1, -0.05) is 41.4 Å². The van der Waals surface area contributed by atoms with Crippen molar-refractivity contribution in [2.45, 2.75) is 40.3 Å². The molecule has 1 amide bonds. The van der Waals surface area contributed by atoms with E-state index in [1.165, 1.54) is 6.92 Å². The highest BCUT2D eigenvalue weighted by atomic mass is 35.5. The second kappa shape index (κ2) is 8.16. The van der Waals surface area contributed by atoms with E-state index >= 15 is 0 Å². The molecule has 2 aromatic rings. The topological polar surface area (TPSA) is 73.2 Å². The Morgan fingerprint density at radius 1 is 1.28 bits per heavy atom. The lowest BCUT2D eigenvalue weighted by Crippen LogP contribution is -2.35. The first-order valence-electron chi connectivity index (χ1n) is 8.10. The average Bonchev–Trinajstić information content (AvgIpc) is 2.83. The van der Waals surface area contributed by atoms with Crippen LogP contribution in [-0.2, 0) is 16.1 Å². The van der Waals surface area contributed by atoms with Crippen molar-refractivity contribution >= 4 is 23.5 Å². The molecule has 1 aromatic heterocycles. The molecular weight excluding hydrogens is 342 g/mol. The van der Waals surface area contributed by atoms with Crippen molar-refractivity contribution in [1.29, 1.82) is 0 Å². The van der Waals surface area contributed by atoms with Gasteiger partial charge in [0, 0.05) is 6.54 Å². The number of carbonyl (C=O) groups excluding carboxylic acids is 2. The van der Waals surface area contributed by atoms with Gasteiger partial charge in [0.25, 0.3) is 5.91 Å². The maximum absolute atomic E-state index is 12.4. The number of aromatic nitrogens is 2. The molecule has 134 valence electrons. The van der Waals surface area contributed by atoms with Crippen molar-refractivity contribution in [3.8, 4) is 0 Å². The van der Waals surface area contributed by atoms with Crippen LogP contribution >= 0.6 is 11.6 Å². The molecule has 0 aliphatic heterocycles. The van der Waals surface area contributed by atoms with E-state index in [2.05, 4.69) is 10.4 Å². The molecule has 1 atom stereocenters. The molecule has 7 heteroatoms. The molecule has 6 nitrogen and oxygen atoms in total. The average molecular weight is 364 g/mol. The summed E-state index contributed by atoms with van der Waals surface area (Å²) in [5.41, 5.74) is 2.83. The number of nitrogens with one attached hydrogen (secondary N) is 1. The molecule has 1 aromatic carbocycles. The molecule has 2 rings (SSSR count). The Hall–Kier alpha value is -2.34. The molecular formula is C18H22ClN3O3. The highest BCUT2D eigenvalue weighted by Gasteiger charge is 2.25. The third kappa shape index (κ3) is 4.60. The van der Waals surface area contributed by atoms with Gasteiger partial charge in [0.1, 0.15) is 10.7 Å². The number of ether oxygens (including phenoxy) is 1. The summed E-state index contributed by atoms with van der Waals surface area (Å²) < 4.78 is 6.75. The Kier molecular flexibility index (Phi) is 6.20. The van der Waals surface area contributed by atoms with E-state index in [0.717, 1.165) is 11.1 Å². The summed E-state index contributed by atoms with van der Waals surface area (Å²) in [6.07, 6.45) is -0.900. The van der Waals surface area contributed by atoms with Gasteiger partial charge < -0.3 is 10.1 Å². The molecule has 1 heterocycles. The summed E-state index contributed by atoms with van der Waals surface area (Å²) in [6.45, 7) is 7.92. The summed E-state index contributed by atoms with van der Waals surface area (Å²) in [7, 11) is 0. The minimum absolute atomic E-state index is 0.185. The van der Waals surface area contributed by atoms with Gasteiger partial charge in [0.05, 0.1) is 12.2 Å². The number of likely N-dealkylation sites (N-methyl/N-ethyl adjacent to an activating group) is 1. The third-order valence-electron chi connectivity index (χ3n) is 3.73. The van der Waals surface area contributed by atoms with Crippen LogP contribution in [0.2, 0.25) is 5.15 Å². The van der Waals surface area contributed by atoms with E-state index in [-0.39, 0.29) is 16.6 Å². The maximum Gasteiger partial charge on any atom is 0.343 e. The zero-order valence-electron chi connectivity index (χ0n) is 14.8. The lowest BCUT2D eigenvalue weighted by molar-refractivity contribution is -0.128. The highest BCUT2D eigenvalue weighted by molar-refractivity contribution is 6.32. The van der Waals surface area contributed by atoms with Gasteiger partial charge in [-0.15, -0.1) is 0 Å². The van der Waals surface area contributed by atoms with Crippen molar-refractivity contribution in [3.05, 3.63) is 51.8 Å². The maximum atomic E-state index is 12.4. The van der Waals surface area contributed by atoms with E-state index in [9.17, 15) is 9.59 Å². The van der Waals surface area contributed by atoms with Crippen molar-refractivity contribution in [2.75, 3.05) is 6.54 Å². The van der Waals surface area contributed by atoms with Crippen molar-refractivity contribution in [3.63, 3.8) is 0 Å². The molecule has 0 spiro atoms. The molecule has 0 bridgehead atoms. The predicted octanol–water partition coefficient (Wildman–Crippen LogP) is 2.88. The lowest BCUT2D eigenvalue weighted by Gasteiger charge is -2.12. The van der Waals surface area contributed by atoms with Crippen LogP contribution in [0, 0.1) is 13.8 Å². The monoisotopic (exact) mass is 363 g/mol. The van der Waals surface area contributed by atoms with Gasteiger partial charge in [-0.05, 0) is 33.3 Å². The standard InChI is InChI=1S/C18H22ClN3O3/c1-5-20-17(23)13(4)25-18(24)15-12(3)21-22(16(15)19)10-14-8-6-11(2)7-9-14/h6-9,13H,5,10H2,1-4H3,(H,20,23)/t13-/m1/s1. The number of hydrogen-bond donors (Lipinski definition) is 1. The molecule has 0 aliphatic carbocycles. The van der Waals surface area contributed by atoms with Crippen LogP contribution in [0.4, 0.5) is 0 Å². The fourth-order valence-electron chi connectivity index (χ4n) is 2.35. The SMILES string of the molecule is CCNC(=O)[C@@H](C)OC(=O)c1c(C)nn(Cc2ccc(C)cc2)c1Cl. The van der Waals surface area contributed by atoms with Crippen LogP contribution in [0.3, 0.4) is 0 Å². The van der Waals surface area contributed by atoms with Crippen LogP contribution in [0.5, 0.6) is 0 Å². The second-order valence-electron chi connectivity index (χ2n) is 5.84. The number of esters is 1. The second-order valence-corrected chi connectivity index (χ2v) is 6.19. The fraction of sp³-hybridized carbons (Fsp3) is 0.389. The van der Waals surface area contributed by atoms with Gasteiger partial charge in [-0.25, -0.2) is 9.48 Å². The van der Waals surface area contributed by atoms with Crippen LogP contribution < -0.4 is 5.32 Å². The number of aryl methyl sites for hydroxylation is 2. The van der Waals surface area contributed by atoms with E-state index in [4.69, 9.17) is 16.3 Å². The largest absolute Gasteiger partial charge is 0.449 e. The summed E-state index contributed by atoms with van der Waals surface area (Å²) in [5.74, 6) is -1.01. The number of carbonyl (C=O) groups is 2. The van der Waals surface area contributed by atoms with Gasteiger partial charge >= 0.3 is 5.97 Å². The first-order chi connectivity index (χ1) is 11.8. The summed E-state index contributed by atoms with van der Waals surface area (Å²) in [6, 6.07) is 7.97. The highest BCUT2D eigenvalue weighted by Crippen LogP contribution is 2.22. The van der Waals surface area contributed by atoms with Crippen LogP contribution in [-0.4, -0.2) is 34.3 Å². The molecule has 0 radical (unpaired) electrons. The van der Waals surface area contributed by atoms with Crippen molar-refractivity contribution in [2.24, 2.45) is 0 Å². The number of halogens is 1. The van der Waals surface area contributed by atoms with Crippen LogP contribution in [0.15, 0.2) is 24.3 Å². The zero-order chi connectivity index (χ0) is 18.6. The summed E-state index contributed by atoms with van der Waals surface area (Å²) in [5, 5.41) is 7.12. The number of rotatable bonds is 6. The molecule has 0 saturated carbocycles. The van der Waals surface area contributed by atoms with E-state index in [0.29, 0.717) is 18.8 Å². The van der Waals surface area contributed by atoms with E-state index in [1.807, 2.05) is 31.2 Å². The summed E-state index contributed by atoms with van der Waals surface area (Å²) >= 11 is 6.33. The minimum Gasteiger partial charge on any atom is -0.449 e. The molecule has 1 N–H and O–H groups in total. The predicted molar refractivity (Wildman–Crippen MR) is 95.8 cm³/mol. The number of hydrogen-bond acceptors (Lipinski definition) is 4. The van der Waals surface area contributed by atoms with E-state index in [1.54, 1.807) is 18.5 Å². The normalized spacial score (nSPS) is 11.9. The quantitative estimate of drug-likeness (QED) is 0.801. The number of benzene rings is 1. The molecule has 0 fully saturated rings. The molecule has 0 saturated heterocycles. The van der Waals surface area contributed by atoms with Crippen LogP contribution in [0.25, 0.3) is 0 Å². The van der Waals surface area contributed by atoms with Crippen molar-refractivity contribution in [1.82, 2.24) is 15.1 Å². The Labute approximate surface area is 152 Å². The van der Waals surface area contributed by atoms with Crippen molar-refractivity contribution < 1.29 is 14.3 Å². The fourth-order valence-corrected chi connectivity index (χ4v) is 2.66. The molecule has 25 heavy (non-hydrogen) atoms. The Balaban J connectivity index is 2.16. The lowest BCUT2D eigenvalue weighted by atomic mass is 10.1. The van der Waals surface area contributed by atoms with Gasteiger partial charge in [-0.2, -0.15) is 5.10 Å². The Bertz CT molecular complexity index is 769. The first-order valence-corrected chi connectivity index (χ1v) is 8.48. The number of amides is 1. The molecule has 0 aliphatic rings. The Morgan fingerprint density at radius 3 is 2.52 bits per heavy atom. The smallest absolute Gasteiger partial charge is 0.343 e. The van der Waals surface area contributed by atoms with E-state index < -0.39 is 12.1 Å². The Morgan fingerprint density at radius 2 is 1.92 bits per heavy atom. The minimum atomic E-state index is -0.900. The molecule has 0 unspecified atom stereocenters. The third-order valence-corrected chi connectivity index (χ3v) is 4.11. The van der Waals surface area contributed by atoms with Gasteiger partial charge in [-0.3, -0.25) is 4.79 Å². The number of nitrogens with zero attached hydrogens (tertiary/aromatic N) is 2. The first kappa shape index (κ1) is 19.0.